The van der Waals surface area contributed by atoms with Gasteiger partial charge in [-0.15, -0.1) is 0 Å². The Kier molecular flexibility index (Phi) is 3.07. The first kappa shape index (κ1) is 14.1. The number of halogens is 2. The van der Waals surface area contributed by atoms with Crippen LogP contribution in [0.25, 0.3) is 11.1 Å². The van der Waals surface area contributed by atoms with Crippen molar-refractivity contribution in [1.29, 1.82) is 0 Å². The number of hydrogen-bond acceptors (Lipinski definition) is 3. The molecule has 0 aliphatic carbocycles. The number of amides is 1. The monoisotopic (exact) mass is 315 g/mol. The summed E-state index contributed by atoms with van der Waals surface area (Å²) in [4.78, 5) is 18.3. The molecule has 0 radical (unpaired) electrons. The zero-order valence-electron chi connectivity index (χ0n) is 12.5. The summed E-state index contributed by atoms with van der Waals surface area (Å²) in [6, 6.07) is 6.59. The van der Waals surface area contributed by atoms with E-state index in [0.717, 1.165) is 0 Å². The fraction of sp³-hybridized carbons (Fsp3) is 0.294. The molecular formula is C17H15F2N3O. The van der Waals surface area contributed by atoms with Crippen LogP contribution in [-0.2, 0) is 4.79 Å². The van der Waals surface area contributed by atoms with Gasteiger partial charge in [0.15, 0.2) is 0 Å². The minimum atomic E-state index is -0.878. The number of carbonyl (C=O) groups excluding carboxylic acids is 1. The molecule has 4 nitrogen and oxygen atoms in total. The van der Waals surface area contributed by atoms with E-state index in [0.29, 0.717) is 28.2 Å². The Morgan fingerprint density at radius 3 is 2.87 bits per heavy atom. The van der Waals surface area contributed by atoms with Gasteiger partial charge in [-0.2, -0.15) is 0 Å². The highest BCUT2D eigenvalue weighted by atomic mass is 19.1. The second kappa shape index (κ2) is 5.01. The van der Waals surface area contributed by atoms with E-state index in [9.17, 15) is 13.6 Å². The molecule has 118 valence electrons. The lowest BCUT2D eigenvalue weighted by Crippen LogP contribution is -2.48. The average molecular weight is 315 g/mol. The van der Waals surface area contributed by atoms with Gasteiger partial charge in [-0.25, -0.2) is 8.78 Å². The van der Waals surface area contributed by atoms with Crippen molar-refractivity contribution in [3.05, 3.63) is 42.0 Å². The van der Waals surface area contributed by atoms with Crippen molar-refractivity contribution in [2.45, 2.75) is 19.0 Å². The summed E-state index contributed by atoms with van der Waals surface area (Å²) in [5.74, 6) is -1.14. The zero-order valence-corrected chi connectivity index (χ0v) is 12.5. The number of nitrogens with one attached hydrogen (secondary N) is 1. The van der Waals surface area contributed by atoms with Gasteiger partial charge in [-0.1, -0.05) is 6.07 Å². The number of anilines is 2. The first-order valence-electron chi connectivity index (χ1n) is 7.53. The van der Waals surface area contributed by atoms with Crippen LogP contribution in [-0.4, -0.2) is 30.2 Å². The summed E-state index contributed by atoms with van der Waals surface area (Å²) >= 11 is 0. The van der Waals surface area contributed by atoms with E-state index in [-0.39, 0.29) is 19.0 Å². The fourth-order valence-electron chi connectivity index (χ4n) is 3.12. The van der Waals surface area contributed by atoms with Gasteiger partial charge in [0, 0.05) is 23.0 Å². The maximum atomic E-state index is 14.8. The van der Waals surface area contributed by atoms with Crippen molar-refractivity contribution in [3.63, 3.8) is 0 Å². The summed E-state index contributed by atoms with van der Waals surface area (Å²) in [7, 11) is 0. The molecule has 1 atom stereocenters. The van der Waals surface area contributed by atoms with E-state index >= 15 is 0 Å². The van der Waals surface area contributed by atoms with Crippen molar-refractivity contribution in [2.24, 2.45) is 0 Å². The molecule has 0 bridgehead atoms. The number of alkyl halides is 1. The lowest BCUT2D eigenvalue weighted by Gasteiger charge is -2.36. The molecule has 3 heterocycles. The van der Waals surface area contributed by atoms with E-state index in [1.807, 2.05) is 0 Å². The Hall–Kier alpha value is -2.50. The highest BCUT2D eigenvalue weighted by molar-refractivity contribution is 6.03. The third kappa shape index (κ3) is 2.17. The average Bonchev–Trinajstić information content (AvgIpc) is 2.60. The number of benzene rings is 1. The van der Waals surface area contributed by atoms with Gasteiger partial charge in [-0.05, 0) is 25.1 Å². The summed E-state index contributed by atoms with van der Waals surface area (Å²) in [5.41, 5.74) is 2.50. The smallest absolute Gasteiger partial charge is 0.233 e. The molecule has 1 amide bonds. The molecule has 2 aliphatic rings. The quantitative estimate of drug-likeness (QED) is 0.879. The van der Waals surface area contributed by atoms with Crippen LogP contribution in [0.4, 0.5) is 20.2 Å². The first-order chi connectivity index (χ1) is 11.0. The molecule has 0 saturated carbocycles. The van der Waals surface area contributed by atoms with Crippen LogP contribution in [0.5, 0.6) is 0 Å². The minimum absolute atomic E-state index is 0.229. The molecule has 4 rings (SSSR count). The minimum Gasteiger partial charge on any atom is -0.365 e. The molecule has 2 aliphatic heterocycles. The second-order valence-electron chi connectivity index (χ2n) is 6.00. The molecule has 1 N–H and O–H groups in total. The van der Waals surface area contributed by atoms with Crippen LogP contribution in [0, 0.1) is 5.82 Å². The number of hydrogen-bond donors (Lipinski definition) is 1. The summed E-state index contributed by atoms with van der Waals surface area (Å²) < 4.78 is 27.8. The van der Waals surface area contributed by atoms with Crippen LogP contribution >= 0.6 is 0 Å². The van der Waals surface area contributed by atoms with Gasteiger partial charge in [0.2, 0.25) is 5.91 Å². The van der Waals surface area contributed by atoms with E-state index in [1.165, 1.54) is 6.07 Å². The molecule has 1 saturated heterocycles. The highest BCUT2D eigenvalue weighted by Gasteiger charge is 2.31. The molecule has 6 heteroatoms. The van der Waals surface area contributed by atoms with Crippen LogP contribution in [0.15, 0.2) is 30.5 Å². The standard InChI is InChI=1S/C17H15F2N3O/c1-9-16-12(3-2-4-20-16)15-13(19)5-11(22-7-10(18)8-22)6-14(15)21-17(9)23/h2-6,9-10H,7-8H2,1H3,(H,21,23). The van der Waals surface area contributed by atoms with Crippen LogP contribution in [0.1, 0.15) is 18.5 Å². The van der Waals surface area contributed by atoms with Crippen LogP contribution < -0.4 is 10.2 Å². The Morgan fingerprint density at radius 2 is 2.13 bits per heavy atom. The second-order valence-corrected chi connectivity index (χ2v) is 6.00. The number of nitrogens with zero attached hydrogens (tertiary/aromatic N) is 2. The number of pyridine rings is 1. The van der Waals surface area contributed by atoms with Crippen molar-refractivity contribution < 1.29 is 13.6 Å². The SMILES string of the molecule is CC1C(=O)Nc2cc(N3CC(F)C3)cc(F)c2-c2cccnc21. The number of rotatable bonds is 1. The van der Waals surface area contributed by atoms with Gasteiger partial charge in [0.25, 0.3) is 0 Å². The maximum Gasteiger partial charge on any atom is 0.233 e. The number of fused-ring (bicyclic) bond motifs is 3. The maximum absolute atomic E-state index is 14.8. The zero-order chi connectivity index (χ0) is 16.1. The molecule has 1 aromatic carbocycles. The van der Waals surface area contributed by atoms with Gasteiger partial charge in [0.1, 0.15) is 12.0 Å². The Morgan fingerprint density at radius 1 is 1.35 bits per heavy atom. The fourth-order valence-corrected chi connectivity index (χ4v) is 3.12. The van der Waals surface area contributed by atoms with Crippen molar-refractivity contribution >= 4 is 17.3 Å². The molecular weight excluding hydrogens is 300 g/mol. The predicted molar refractivity (Wildman–Crippen MR) is 83.8 cm³/mol. The van der Waals surface area contributed by atoms with E-state index in [4.69, 9.17) is 0 Å². The van der Waals surface area contributed by atoms with Crippen molar-refractivity contribution in [3.8, 4) is 11.1 Å². The number of aromatic nitrogens is 1. The van der Waals surface area contributed by atoms with E-state index in [1.54, 1.807) is 36.2 Å². The van der Waals surface area contributed by atoms with E-state index < -0.39 is 17.9 Å². The van der Waals surface area contributed by atoms with Gasteiger partial charge in [0.05, 0.1) is 30.4 Å². The third-order valence-electron chi connectivity index (χ3n) is 4.45. The largest absolute Gasteiger partial charge is 0.365 e. The number of carbonyl (C=O) groups is 1. The van der Waals surface area contributed by atoms with Crippen LogP contribution in [0.2, 0.25) is 0 Å². The summed E-state index contributed by atoms with van der Waals surface area (Å²) in [6.07, 6.45) is 0.720. The molecule has 2 aromatic rings. The molecule has 0 spiro atoms. The lowest BCUT2D eigenvalue weighted by molar-refractivity contribution is -0.117. The Labute approximate surface area is 132 Å². The van der Waals surface area contributed by atoms with Gasteiger partial charge < -0.3 is 10.2 Å². The highest BCUT2D eigenvalue weighted by Crippen LogP contribution is 2.41. The Balaban J connectivity index is 1.89. The molecule has 1 unspecified atom stereocenters. The van der Waals surface area contributed by atoms with Gasteiger partial charge in [-0.3, -0.25) is 9.78 Å². The van der Waals surface area contributed by atoms with Gasteiger partial charge >= 0.3 is 0 Å². The first-order valence-corrected chi connectivity index (χ1v) is 7.53. The molecule has 1 fully saturated rings. The van der Waals surface area contributed by atoms with Crippen molar-refractivity contribution in [1.82, 2.24) is 4.98 Å². The topological polar surface area (TPSA) is 45.2 Å². The molecule has 23 heavy (non-hydrogen) atoms. The normalized spacial score (nSPS) is 20.2. The van der Waals surface area contributed by atoms with E-state index in [2.05, 4.69) is 10.3 Å². The lowest BCUT2D eigenvalue weighted by atomic mass is 9.96. The third-order valence-corrected chi connectivity index (χ3v) is 4.45. The Bertz CT molecular complexity index is 802. The summed E-state index contributed by atoms with van der Waals surface area (Å²) in [6.45, 7) is 2.25. The predicted octanol–water partition coefficient (Wildman–Crippen LogP) is 3.10. The molecule has 1 aromatic heterocycles. The van der Waals surface area contributed by atoms with Crippen molar-refractivity contribution in [2.75, 3.05) is 23.3 Å². The van der Waals surface area contributed by atoms with Crippen LogP contribution in [0.3, 0.4) is 0 Å². The summed E-state index contributed by atoms with van der Waals surface area (Å²) in [5, 5.41) is 2.78.